The van der Waals surface area contributed by atoms with Crippen LogP contribution in [0.1, 0.15) is 25.5 Å². The second-order valence-corrected chi connectivity index (χ2v) is 5.19. The molecule has 5 heteroatoms. The Bertz CT molecular complexity index is 397. The summed E-state index contributed by atoms with van der Waals surface area (Å²) in [5.74, 6) is 1.41. The molecule has 0 fully saturated rings. The largest absolute Gasteiger partial charge is 0.493 e. The summed E-state index contributed by atoms with van der Waals surface area (Å²) in [5.41, 5.74) is 6.90. The van der Waals surface area contributed by atoms with Crippen molar-refractivity contribution in [1.82, 2.24) is 5.32 Å². The molecule has 0 aromatic heterocycles. The Balaban J connectivity index is 3.14. The van der Waals surface area contributed by atoms with Gasteiger partial charge in [0.1, 0.15) is 0 Å². The summed E-state index contributed by atoms with van der Waals surface area (Å²) in [6, 6.07) is 4.30. The third-order valence-electron chi connectivity index (χ3n) is 2.65. The lowest BCUT2D eigenvalue weighted by molar-refractivity contribution is 0.353. The highest BCUT2D eigenvalue weighted by Gasteiger charge is 2.17. The van der Waals surface area contributed by atoms with E-state index in [1.807, 2.05) is 12.1 Å². The predicted octanol–water partition coefficient (Wildman–Crippen LogP) is 2.46. The molecule has 1 rings (SSSR count). The highest BCUT2D eigenvalue weighted by atomic mass is 79.9. The van der Waals surface area contributed by atoms with Crippen LogP contribution in [-0.2, 0) is 0 Å². The maximum Gasteiger partial charge on any atom is 0.161 e. The Morgan fingerprint density at radius 3 is 2.22 bits per heavy atom. The lowest BCUT2D eigenvalue weighted by atomic mass is 10.1. The number of hydrogen-bond acceptors (Lipinski definition) is 4. The molecule has 0 bridgehead atoms. The molecule has 102 valence electrons. The smallest absolute Gasteiger partial charge is 0.161 e. The molecule has 1 atom stereocenters. The minimum atomic E-state index is 0.0826. The normalized spacial score (nSPS) is 12.6. The van der Waals surface area contributed by atoms with Gasteiger partial charge < -0.3 is 20.5 Å². The Morgan fingerprint density at radius 1 is 1.22 bits per heavy atom. The van der Waals surface area contributed by atoms with E-state index in [1.165, 1.54) is 0 Å². The zero-order chi connectivity index (χ0) is 13.7. The molecule has 1 aromatic carbocycles. The standard InChI is InChI=1S/C13H21BrN2O2/c1-8(2)16-11(7-15)9-5-12(17-3)13(18-4)6-10(9)14/h5-6,8,11,16H,7,15H2,1-4H3. The Hall–Kier alpha value is -0.780. The number of nitrogens with one attached hydrogen (secondary N) is 1. The molecule has 18 heavy (non-hydrogen) atoms. The van der Waals surface area contributed by atoms with Gasteiger partial charge >= 0.3 is 0 Å². The van der Waals surface area contributed by atoms with Crippen molar-refractivity contribution in [2.24, 2.45) is 5.73 Å². The molecule has 0 amide bonds. The van der Waals surface area contributed by atoms with E-state index in [2.05, 4.69) is 35.1 Å². The van der Waals surface area contributed by atoms with E-state index in [0.29, 0.717) is 24.1 Å². The van der Waals surface area contributed by atoms with Gasteiger partial charge in [-0.3, -0.25) is 0 Å². The average Bonchev–Trinajstić information content (AvgIpc) is 2.35. The summed E-state index contributed by atoms with van der Waals surface area (Å²) in [5, 5.41) is 3.42. The van der Waals surface area contributed by atoms with Gasteiger partial charge in [0.05, 0.1) is 14.2 Å². The minimum absolute atomic E-state index is 0.0826. The third kappa shape index (κ3) is 3.60. The van der Waals surface area contributed by atoms with Crippen LogP contribution in [0.25, 0.3) is 0 Å². The van der Waals surface area contributed by atoms with Gasteiger partial charge in [0.15, 0.2) is 11.5 Å². The number of rotatable bonds is 6. The monoisotopic (exact) mass is 316 g/mol. The molecule has 0 aliphatic carbocycles. The van der Waals surface area contributed by atoms with Crippen LogP contribution < -0.4 is 20.5 Å². The summed E-state index contributed by atoms with van der Waals surface area (Å²) in [4.78, 5) is 0. The fourth-order valence-corrected chi connectivity index (χ4v) is 2.42. The molecule has 0 spiro atoms. The van der Waals surface area contributed by atoms with Gasteiger partial charge in [-0.2, -0.15) is 0 Å². The zero-order valence-electron chi connectivity index (χ0n) is 11.3. The summed E-state index contributed by atoms with van der Waals surface area (Å²) < 4.78 is 11.5. The number of hydrogen-bond donors (Lipinski definition) is 2. The Kier molecular flexibility index (Phi) is 5.91. The first-order chi connectivity index (χ1) is 8.53. The molecule has 0 radical (unpaired) electrons. The SMILES string of the molecule is COc1cc(Br)c(C(CN)NC(C)C)cc1OC. The van der Waals surface area contributed by atoms with E-state index in [-0.39, 0.29) is 6.04 Å². The van der Waals surface area contributed by atoms with Crippen LogP contribution in [0.4, 0.5) is 0 Å². The highest BCUT2D eigenvalue weighted by Crippen LogP contribution is 2.35. The summed E-state index contributed by atoms with van der Waals surface area (Å²) in [7, 11) is 3.25. The Morgan fingerprint density at radius 2 is 1.78 bits per heavy atom. The first kappa shape index (κ1) is 15.3. The number of benzene rings is 1. The predicted molar refractivity (Wildman–Crippen MR) is 77.3 cm³/mol. The molecule has 1 unspecified atom stereocenters. The van der Waals surface area contributed by atoms with E-state index in [4.69, 9.17) is 15.2 Å². The van der Waals surface area contributed by atoms with Crippen molar-refractivity contribution in [2.75, 3.05) is 20.8 Å². The zero-order valence-corrected chi connectivity index (χ0v) is 12.9. The number of methoxy groups -OCH3 is 2. The lowest BCUT2D eigenvalue weighted by Gasteiger charge is -2.22. The van der Waals surface area contributed by atoms with Gasteiger partial charge in [-0.05, 0) is 17.7 Å². The van der Waals surface area contributed by atoms with Crippen LogP contribution in [0.5, 0.6) is 11.5 Å². The van der Waals surface area contributed by atoms with Crippen molar-refractivity contribution in [3.8, 4) is 11.5 Å². The summed E-state index contributed by atoms with van der Waals surface area (Å²) >= 11 is 3.55. The van der Waals surface area contributed by atoms with Crippen molar-refractivity contribution in [1.29, 1.82) is 0 Å². The van der Waals surface area contributed by atoms with E-state index >= 15 is 0 Å². The maximum absolute atomic E-state index is 5.83. The van der Waals surface area contributed by atoms with Gasteiger partial charge in [0.25, 0.3) is 0 Å². The van der Waals surface area contributed by atoms with Crippen LogP contribution >= 0.6 is 15.9 Å². The molecule has 0 saturated heterocycles. The van der Waals surface area contributed by atoms with Gasteiger partial charge in [0, 0.05) is 23.1 Å². The molecule has 0 aliphatic heterocycles. The molecule has 0 saturated carbocycles. The number of nitrogens with two attached hydrogens (primary N) is 1. The van der Waals surface area contributed by atoms with Crippen LogP contribution in [-0.4, -0.2) is 26.8 Å². The fraction of sp³-hybridized carbons (Fsp3) is 0.538. The lowest BCUT2D eigenvalue weighted by Crippen LogP contribution is -2.33. The maximum atomic E-state index is 5.83. The van der Waals surface area contributed by atoms with E-state index in [9.17, 15) is 0 Å². The third-order valence-corrected chi connectivity index (χ3v) is 3.34. The molecule has 0 aliphatic rings. The first-order valence-electron chi connectivity index (χ1n) is 5.91. The van der Waals surface area contributed by atoms with Gasteiger partial charge in [-0.15, -0.1) is 0 Å². The van der Waals surface area contributed by atoms with Gasteiger partial charge in [-0.25, -0.2) is 0 Å². The van der Waals surface area contributed by atoms with Crippen molar-refractivity contribution >= 4 is 15.9 Å². The summed E-state index contributed by atoms with van der Waals surface area (Å²) in [6.45, 7) is 4.71. The molecule has 3 N–H and O–H groups in total. The molecule has 0 heterocycles. The highest BCUT2D eigenvalue weighted by molar-refractivity contribution is 9.10. The van der Waals surface area contributed by atoms with Crippen molar-refractivity contribution in [3.63, 3.8) is 0 Å². The topological polar surface area (TPSA) is 56.5 Å². The molecule has 4 nitrogen and oxygen atoms in total. The first-order valence-corrected chi connectivity index (χ1v) is 6.70. The number of ether oxygens (including phenoxy) is 2. The van der Waals surface area contributed by atoms with E-state index in [1.54, 1.807) is 14.2 Å². The minimum Gasteiger partial charge on any atom is -0.493 e. The average molecular weight is 317 g/mol. The van der Waals surface area contributed by atoms with Gasteiger partial charge in [-0.1, -0.05) is 29.8 Å². The van der Waals surface area contributed by atoms with Crippen molar-refractivity contribution in [2.45, 2.75) is 25.9 Å². The van der Waals surface area contributed by atoms with E-state index < -0.39 is 0 Å². The van der Waals surface area contributed by atoms with Crippen LogP contribution in [0.2, 0.25) is 0 Å². The van der Waals surface area contributed by atoms with Gasteiger partial charge in [0.2, 0.25) is 0 Å². The van der Waals surface area contributed by atoms with Crippen LogP contribution in [0, 0.1) is 0 Å². The van der Waals surface area contributed by atoms with Crippen molar-refractivity contribution in [3.05, 3.63) is 22.2 Å². The molecular formula is C13H21BrN2O2. The van der Waals surface area contributed by atoms with Crippen molar-refractivity contribution < 1.29 is 9.47 Å². The quantitative estimate of drug-likeness (QED) is 0.846. The molecule has 1 aromatic rings. The Labute approximate surface area is 117 Å². The van der Waals surface area contributed by atoms with Crippen LogP contribution in [0.15, 0.2) is 16.6 Å². The molecular weight excluding hydrogens is 296 g/mol. The fourth-order valence-electron chi connectivity index (χ4n) is 1.82. The second kappa shape index (κ2) is 6.97. The number of halogens is 1. The van der Waals surface area contributed by atoms with Crippen LogP contribution in [0.3, 0.4) is 0 Å². The summed E-state index contributed by atoms with van der Waals surface area (Å²) in [6.07, 6.45) is 0. The van der Waals surface area contributed by atoms with E-state index in [0.717, 1.165) is 10.0 Å². The second-order valence-electron chi connectivity index (χ2n) is 4.34.